The molecule has 0 saturated heterocycles. The van der Waals surface area contributed by atoms with Gasteiger partial charge in [0.05, 0.1) is 10.6 Å². The van der Waals surface area contributed by atoms with Gasteiger partial charge < -0.3 is 4.57 Å². The molecule has 3 aromatic rings. The SMILES string of the molecule is Cn1cc(CS(=O)(=O)c2ccc(Cl)cc2)c2ccccc21. The van der Waals surface area contributed by atoms with Gasteiger partial charge in [0.2, 0.25) is 0 Å². The second-order valence-corrected chi connectivity index (χ2v) is 7.42. The average molecular weight is 320 g/mol. The van der Waals surface area contributed by atoms with Gasteiger partial charge in [-0.15, -0.1) is 0 Å². The molecular formula is C16H14ClNO2S. The minimum Gasteiger partial charge on any atom is -0.350 e. The molecule has 1 aromatic heterocycles. The lowest BCUT2D eigenvalue weighted by atomic mass is 10.2. The zero-order valence-electron chi connectivity index (χ0n) is 11.5. The number of aromatic nitrogens is 1. The Balaban J connectivity index is 2.03. The minimum atomic E-state index is -3.38. The number of hydrogen-bond acceptors (Lipinski definition) is 2. The van der Waals surface area contributed by atoms with Crippen LogP contribution in [-0.2, 0) is 22.6 Å². The van der Waals surface area contributed by atoms with Crippen LogP contribution in [0.4, 0.5) is 0 Å². The van der Waals surface area contributed by atoms with Gasteiger partial charge in [-0.2, -0.15) is 0 Å². The highest BCUT2D eigenvalue weighted by molar-refractivity contribution is 7.90. The van der Waals surface area contributed by atoms with Crippen LogP contribution in [0.5, 0.6) is 0 Å². The molecule has 0 bridgehead atoms. The quantitative estimate of drug-likeness (QED) is 0.736. The van der Waals surface area contributed by atoms with Crippen LogP contribution in [0, 0.1) is 0 Å². The van der Waals surface area contributed by atoms with Crippen LogP contribution >= 0.6 is 11.6 Å². The number of rotatable bonds is 3. The van der Waals surface area contributed by atoms with Crippen molar-refractivity contribution < 1.29 is 8.42 Å². The van der Waals surface area contributed by atoms with Crippen LogP contribution < -0.4 is 0 Å². The van der Waals surface area contributed by atoms with Gasteiger partial charge >= 0.3 is 0 Å². The fourth-order valence-electron chi connectivity index (χ4n) is 2.47. The Morgan fingerprint density at radius 2 is 1.71 bits per heavy atom. The molecule has 3 nitrogen and oxygen atoms in total. The maximum absolute atomic E-state index is 12.5. The van der Waals surface area contributed by atoms with Gasteiger partial charge in [0, 0.05) is 29.2 Å². The van der Waals surface area contributed by atoms with E-state index in [0.29, 0.717) is 9.92 Å². The molecule has 1 heterocycles. The second kappa shape index (κ2) is 5.20. The van der Waals surface area contributed by atoms with Crippen molar-refractivity contribution in [3.8, 4) is 0 Å². The van der Waals surface area contributed by atoms with E-state index in [-0.39, 0.29) is 5.75 Å². The molecule has 0 aliphatic heterocycles. The summed E-state index contributed by atoms with van der Waals surface area (Å²) < 4.78 is 27.0. The number of sulfone groups is 1. The van der Waals surface area contributed by atoms with Crippen LogP contribution in [0.3, 0.4) is 0 Å². The summed E-state index contributed by atoms with van der Waals surface area (Å²) in [5.74, 6) is -0.0179. The lowest BCUT2D eigenvalue weighted by Crippen LogP contribution is -2.04. The largest absolute Gasteiger partial charge is 0.350 e. The molecule has 3 rings (SSSR count). The summed E-state index contributed by atoms with van der Waals surface area (Å²) >= 11 is 5.81. The Bertz CT molecular complexity index is 896. The molecule has 0 amide bonds. The number of para-hydroxylation sites is 1. The second-order valence-electron chi connectivity index (χ2n) is 5.00. The molecule has 0 unspecified atom stereocenters. The van der Waals surface area contributed by atoms with Gasteiger partial charge in [-0.25, -0.2) is 8.42 Å². The molecule has 0 N–H and O–H groups in total. The number of hydrogen-bond donors (Lipinski definition) is 0. The Hall–Kier alpha value is -1.78. The third kappa shape index (κ3) is 2.69. The van der Waals surface area contributed by atoms with Crippen LogP contribution in [0.2, 0.25) is 5.02 Å². The first-order chi connectivity index (χ1) is 9.97. The first-order valence-corrected chi connectivity index (χ1v) is 8.52. The van der Waals surface area contributed by atoms with E-state index in [2.05, 4.69) is 0 Å². The van der Waals surface area contributed by atoms with Crippen molar-refractivity contribution in [3.05, 3.63) is 65.3 Å². The van der Waals surface area contributed by atoms with Gasteiger partial charge in [-0.1, -0.05) is 29.8 Å². The standard InChI is InChI=1S/C16H14ClNO2S/c1-18-10-12(15-4-2-3-5-16(15)18)11-21(19,20)14-8-6-13(17)7-9-14/h2-10H,11H2,1H3. The Labute approximate surface area is 128 Å². The van der Waals surface area contributed by atoms with Crippen molar-refractivity contribution in [2.24, 2.45) is 7.05 Å². The van der Waals surface area contributed by atoms with E-state index in [0.717, 1.165) is 16.5 Å². The topological polar surface area (TPSA) is 39.1 Å². The molecule has 5 heteroatoms. The molecule has 0 fully saturated rings. The van der Waals surface area contributed by atoms with E-state index in [1.54, 1.807) is 24.3 Å². The van der Waals surface area contributed by atoms with Crippen molar-refractivity contribution in [2.45, 2.75) is 10.6 Å². The van der Waals surface area contributed by atoms with Crippen molar-refractivity contribution in [2.75, 3.05) is 0 Å². The summed E-state index contributed by atoms with van der Waals surface area (Å²) in [7, 11) is -1.46. The van der Waals surface area contributed by atoms with E-state index in [1.165, 1.54) is 0 Å². The van der Waals surface area contributed by atoms with Crippen LogP contribution in [0.15, 0.2) is 59.6 Å². The highest BCUT2D eigenvalue weighted by atomic mass is 35.5. The summed E-state index contributed by atoms with van der Waals surface area (Å²) in [5.41, 5.74) is 1.84. The van der Waals surface area contributed by atoms with Crippen molar-refractivity contribution in [3.63, 3.8) is 0 Å². The zero-order chi connectivity index (χ0) is 15.0. The number of nitrogens with zero attached hydrogens (tertiary/aromatic N) is 1. The van der Waals surface area contributed by atoms with Gasteiger partial charge in [-0.3, -0.25) is 0 Å². The first-order valence-electron chi connectivity index (χ1n) is 6.49. The maximum atomic E-state index is 12.5. The van der Waals surface area contributed by atoms with Gasteiger partial charge in [0.1, 0.15) is 0 Å². The van der Waals surface area contributed by atoms with Crippen molar-refractivity contribution >= 4 is 32.3 Å². The summed E-state index contributed by atoms with van der Waals surface area (Å²) in [6.07, 6.45) is 1.87. The highest BCUT2D eigenvalue weighted by Crippen LogP contribution is 2.25. The van der Waals surface area contributed by atoms with Crippen LogP contribution in [-0.4, -0.2) is 13.0 Å². The molecule has 108 valence electrons. The lowest BCUT2D eigenvalue weighted by Gasteiger charge is -2.04. The van der Waals surface area contributed by atoms with E-state index in [4.69, 9.17) is 11.6 Å². The first kappa shape index (κ1) is 14.2. The minimum absolute atomic E-state index is 0.0179. The van der Waals surface area contributed by atoms with E-state index < -0.39 is 9.84 Å². The molecule has 0 saturated carbocycles. The number of benzene rings is 2. The van der Waals surface area contributed by atoms with Gasteiger partial charge in [0.25, 0.3) is 0 Å². The van der Waals surface area contributed by atoms with E-state index in [1.807, 2.05) is 42.1 Å². The molecule has 0 radical (unpaired) electrons. The molecule has 0 aliphatic rings. The Morgan fingerprint density at radius 3 is 2.43 bits per heavy atom. The zero-order valence-corrected chi connectivity index (χ0v) is 13.0. The predicted molar refractivity (Wildman–Crippen MR) is 85.3 cm³/mol. The van der Waals surface area contributed by atoms with E-state index in [9.17, 15) is 8.42 Å². The van der Waals surface area contributed by atoms with E-state index >= 15 is 0 Å². The molecule has 0 spiro atoms. The van der Waals surface area contributed by atoms with Gasteiger partial charge in [0.15, 0.2) is 9.84 Å². The summed E-state index contributed by atoms with van der Waals surface area (Å²) in [6.45, 7) is 0. The van der Waals surface area contributed by atoms with Crippen LogP contribution in [0.25, 0.3) is 10.9 Å². The molecule has 0 atom stereocenters. The molecule has 2 aromatic carbocycles. The normalized spacial score (nSPS) is 11.9. The Kier molecular flexibility index (Phi) is 3.51. The summed E-state index contributed by atoms with van der Waals surface area (Å²) in [5, 5.41) is 1.50. The highest BCUT2D eigenvalue weighted by Gasteiger charge is 2.18. The maximum Gasteiger partial charge on any atom is 0.182 e. The van der Waals surface area contributed by atoms with Crippen molar-refractivity contribution in [1.82, 2.24) is 4.57 Å². The third-order valence-corrected chi connectivity index (χ3v) is 5.43. The van der Waals surface area contributed by atoms with Gasteiger partial charge in [-0.05, 0) is 35.9 Å². The molecule has 0 aliphatic carbocycles. The smallest absolute Gasteiger partial charge is 0.182 e. The third-order valence-electron chi connectivity index (χ3n) is 3.50. The fraction of sp³-hybridized carbons (Fsp3) is 0.125. The Morgan fingerprint density at radius 1 is 1.05 bits per heavy atom. The summed E-state index contributed by atoms with van der Waals surface area (Å²) in [6, 6.07) is 14.1. The molecule has 21 heavy (non-hydrogen) atoms. The average Bonchev–Trinajstić information content (AvgIpc) is 2.76. The number of fused-ring (bicyclic) bond motifs is 1. The summed E-state index contributed by atoms with van der Waals surface area (Å²) in [4.78, 5) is 0.292. The molecular weight excluding hydrogens is 306 g/mol. The number of aryl methyl sites for hydroxylation is 1. The van der Waals surface area contributed by atoms with Crippen molar-refractivity contribution in [1.29, 1.82) is 0 Å². The predicted octanol–water partition coefficient (Wildman–Crippen LogP) is 3.81. The monoisotopic (exact) mass is 319 g/mol. The fourth-order valence-corrected chi connectivity index (χ4v) is 3.95. The number of halogens is 1. The van der Waals surface area contributed by atoms with Crippen LogP contribution in [0.1, 0.15) is 5.56 Å². The lowest BCUT2D eigenvalue weighted by molar-refractivity contribution is 0.595.